The van der Waals surface area contributed by atoms with Crippen molar-refractivity contribution in [3.63, 3.8) is 0 Å². The van der Waals surface area contributed by atoms with Crippen LogP contribution in [0.2, 0.25) is 5.15 Å². The van der Waals surface area contributed by atoms with Crippen LogP contribution in [0.4, 0.5) is 11.5 Å². The fourth-order valence-electron chi connectivity index (χ4n) is 1.73. The SMILES string of the molecule is CCN(CC)C(=O)CN(C)c1cc([N+](=O)[O-])cc(Cl)n1. The topological polar surface area (TPSA) is 79.6 Å². The van der Waals surface area contributed by atoms with Crippen LogP contribution < -0.4 is 4.90 Å². The first-order valence-electron chi connectivity index (χ1n) is 6.19. The second kappa shape index (κ2) is 7.04. The molecule has 7 nitrogen and oxygen atoms in total. The van der Waals surface area contributed by atoms with Crippen LogP contribution in [0.15, 0.2) is 12.1 Å². The maximum atomic E-state index is 12.0. The molecule has 0 atom stereocenters. The normalized spacial score (nSPS) is 10.2. The number of carbonyl (C=O) groups excluding carboxylic acids is 1. The van der Waals surface area contributed by atoms with Crippen molar-refractivity contribution in [1.29, 1.82) is 0 Å². The fourth-order valence-corrected chi connectivity index (χ4v) is 1.93. The smallest absolute Gasteiger partial charge is 0.276 e. The number of aromatic nitrogens is 1. The van der Waals surface area contributed by atoms with Crippen molar-refractivity contribution in [2.45, 2.75) is 13.8 Å². The van der Waals surface area contributed by atoms with E-state index in [9.17, 15) is 14.9 Å². The van der Waals surface area contributed by atoms with E-state index in [1.54, 1.807) is 16.8 Å². The zero-order valence-corrected chi connectivity index (χ0v) is 12.4. The lowest BCUT2D eigenvalue weighted by Gasteiger charge is -2.23. The molecule has 0 unspecified atom stereocenters. The zero-order chi connectivity index (χ0) is 15.3. The van der Waals surface area contributed by atoms with Crippen LogP contribution in [0.1, 0.15) is 13.8 Å². The van der Waals surface area contributed by atoms with Crippen molar-refractivity contribution in [2.75, 3.05) is 31.6 Å². The monoisotopic (exact) mass is 300 g/mol. The van der Waals surface area contributed by atoms with Gasteiger partial charge in [0.2, 0.25) is 5.91 Å². The molecule has 0 aliphatic heterocycles. The third-order valence-corrected chi connectivity index (χ3v) is 3.05. The van der Waals surface area contributed by atoms with Gasteiger partial charge in [0.25, 0.3) is 5.69 Å². The number of hydrogen-bond donors (Lipinski definition) is 0. The number of pyridine rings is 1. The van der Waals surface area contributed by atoms with Gasteiger partial charge in [0, 0.05) is 20.1 Å². The summed E-state index contributed by atoms with van der Waals surface area (Å²) in [5.41, 5.74) is -0.151. The van der Waals surface area contributed by atoms with Crippen molar-refractivity contribution < 1.29 is 9.72 Å². The summed E-state index contributed by atoms with van der Waals surface area (Å²) in [6.07, 6.45) is 0. The molecule has 0 aliphatic carbocycles. The van der Waals surface area contributed by atoms with Gasteiger partial charge >= 0.3 is 0 Å². The first kappa shape index (κ1) is 16.2. The number of amides is 1. The molecule has 20 heavy (non-hydrogen) atoms. The van der Waals surface area contributed by atoms with Gasteiger partial charge < -0.3 is 9.80 Å². The highest BCUT2D eigenvalue weighted by atomic mass is 35.5. The van der Waals surface area contributed by atoms with E-state index in [1.807, 2.05) is 13.8 Å². The Kier molecular flexibility index (Phi) is 5.69. The van der Waals surface area contributed by atoms with Gasteiger partial charge in [0.05, 0.1) is 23.6 Å². The Morgan fingerprint density at radius 3 is 2.50 bits per heavy atom. The summed E-state index contributed by atoms with van der Waals surface area (Å²) >= 11 is 5.75. The first-order valence-corrected chi connectivity index (χ1v) is 6.57. The lowest BCUT2D eigenvalue weighted by Crippen LogP contribution is -2.39. The van der Waals surface area contributed by atoms with Crippen LogP contribution in [-0.4, -0.2) is 47.4 Å². The van der Waals surface area contributed by atoms with Gasteiger partial charge in [0.1, 0.15) is 11.0 Å². The quantitative estimate of drug-likeness (QED) is 0.456. The molecule has 1 aromatic heterocycles. The molecule has 0 saturated carbocycles. The van der Waals surface area contributed by atoms with Gasteiger partial charge in [-0.05, 0) is 13.8 Å². The Hall–Kier alpha value is -1.89. The molecule has 0 aromatic carbocycles. The summed E-state index contributed by atoms with van der Waals surface area (Å²) < 4.78 is 0. The maximum Gasteiger partial charge on any atom is 0.276 e. The van der Waals surface area contributed by atoms with Crippen LogP contribution in [0.3, 0.4) is 0 Å². The van der Waals surface area contributed by atoms with Gasteiger partial charge in [-0.3, -0.25) is 14.9 Å². The third-order valence-electron chi connectivity index (χ3n) is 2.86. The number of halogens is 1. The Labute approximate surface area is 122 Å². The van der Waals surface area contributed by atoms with E-state index in [0.29, 0.717) is 18.9 Å². The minimum absolute atomic E-state index is 0.0244. The molecule has 0 spiro atoms. The van der Waals surface area contributed by atoms with E-state index in [2.05, 4.69) is 4.98 Å². The number of anilines is 1. The molecule has 110 valence electrons. The number of carbonyl (C=O) groups is 1. The Balaban J connectivity index is 2.89. The number of likely N-dealkylation sites (N-methyl/N-ethyl adjacent to an activating group) is 2. The van der Waals surface area contributed by atoms with Crippen LogP contribution in [0.25, 0.3) is 0 Å². The van der Waals surface area contributed by atoms with Crippen LogP contribution in [-0.2, 0) is 4.79 Å². The zero-order valence-electron chi connectivity index (χ0n) is 11.7. The summed E-state index contributed by atoms with van der Waals surface area (Å²) in [4.78, 5) is 29.4. The lowest BCUT2D eigenvalue weighted by atomic mass is 10.3. The molecule has 1 amide bonds. The van der Waals surface area contributed by atoms with E-state index in [1.165, 1.54) is 12.1 Å². The summed E-state index contributed by atoms with van der Waals surface area (Å²) in [6.45, 7) is 5.11. The van der Waals surface area contributed by atoms with Crippen molar-refractivity contribution in [1.82, 2.24) is 9.88 Å². The van der Waals surface area contributed by atoms with Crippen LogP contribution >= 0.6 is 11.6 Å². The van der Waals surface area contributed by atoms with E-state index in [-0.39, 0.29) is 23.3 Å². The molecule has 1 heterocycles. The highest BCUT2D eigenvalue weighted by molar-refractivity contribution is 6.29. The van der Waals surface area contributed by atoms with E-state index >= 15 is 0 Å². The molecule has 0 bridgehead atoms. The average molecular weight is 301 g/mol. The van der Waals surface area contributed by atoms with Crippen molar-refractivity contribution >= 4 is 29.0 Å². The summed E-state index contributed by atoms with van der Waals surface area (Å²) in [6, 6.07) is 2.46. The average Bonchev–Trinajstić information content (AvgIpc) is 2.39. The van der Waals surface area contributed by atoms with Crippen molar-refractivity contribution in [3.05, 3.63) is 27.4 Å². The largest absolute Gasteiger partial charge is 0.350 e. The maximum absolute atomic E-state index is 12.0. The Morgan fingerprint density at radius 1 is 1.40 bits per heavy atom. The van der Waals surface area contributed by atoms with Crippen molar-refractivity contribution in [3.8, 4) is 0 Å². The molecule has 0 N–H and O–H groups in total. The van der Waals surface area contributed by atoms with Crippen LogP contribution in [0, 0.1) is 10.1 Å². The fraction of sp³-hybridized carbons (Fsp3) is 0.500. The first-order chi connectivity index (χ1) is 9.38. The van der Waals surface area contributed by atoms with Gasteiger partial charge in [0.15, 0.2) is 0 Å². The molecule has 0 fully saturated rings. The van der Waals surface area contributed by atoms with Crippen molar-refractivity contribution in [2.24, 2.45) is 0 Å². The highest BCUT2D eigenvalue weighted by Crippen LogP contribution is 2.22. The predicted molar refractivity (Wildman–Crippen MR) is 77.1 cm³/mol. The van der Waals surface area contributed by atoms with Crippen LogP contribution in [0.5, 0.6) is 0 Å². The van der Waals surface area contributed by atoms with E-state index < -0.39 is 4.92 Å². The summed E-state index contributed by atoms with van der Waals surface area (Å²) in [7, 11) is 1.64. The molecule has 0 aliphatic rings. The predicted octanol–water partition coefficient (Wildman–Crippen LogP) is 1.95. The Morgan fingerprint density at radius 2 is 2.00 bits per heavy atom. The second-order valence-electron chi connectivity index (χ2n) is 4.19. The van der Waals surface area contributed by atoms with Gasteiger partial charge in [-0.1, -0.05) is 11.6 Å². The minimum atomic E-state index is -0.545. The molecule has 0 radical (unpaired) electrons. The summed E-state index contributed by atoms with van der Waals surface area (Å²) in [5.74, 6) is 0.228. The highest BCUT2D eigenvalue weighted by Gasteiger charge is 2.17. The molecule has 0 saturated heterocycles. The lowest BCUT2D eigenvalue weighted by molar-refractivity contribution is -0.384. The Bertz CT molecular complexity index is 505. The summed E-state index contributed by atoms with van der Waals surface area (Å²) in [5, 5.41) is 10.8. The minimum Gasteiger partial charge on any atom is -0.350 e. The molecule has 8 heteroatoms. The van der Waals surface area contributed by atoms with Gasteiger partial charge in [-0.25, -0.2) is 4.98 Å². The molecular weight excluding hydrogens is 284 g/mol. The number of nitro groups is 1. The van der Waals surface area contributed by atoms with E-state index in [4.69, 9.17) is 11.6 Å². The number of rotatable bonds is 6. The second-order valence-corrected chi connectivity index (χ2v) is 4.57. The molecular formula is C12H17ClN4O3. The van der Waals surface area contributed by atoms with Gasteiger partial charge in [-0.2, -0.15) is 0 Å². The standard InChI is InChI=1S/C12H17ClN4O3/c1-4-16(5-2)12(18)8-15(3)11-7-9(17(19)20)6-10(13)14-11/h6-7H,4-5,8H2,1-3H3. The molecule has 1 rings (SSSR count). The van der Waals surface area contributed by atoms with Gasteiger partial charge in [-0.15, -0.1) is 0 Å². The number of hydrogen-bond acceptors (Lipinski definition) is 5. The van der Waals surface area contributed by atoms with E-state index in [0.717, 1.165) is 0 Å². The number of nitrogens with zero attached hydrogens (tertiary/aromatic N) is 4. The third kappa shape index (κ3) is 4.06. The molecule has 1 aromatic rings.